The van der Waals surface area contributed by atoms with Crippen molar-refractivity contribution in [3.05, 3.63) is 72.1 Å². The summed E-state index contributed by atoms with van der Waals surface area (Å²) in [6, 6.07) is 15.0. The molecule has 0 saturated heterocycles. The maximum atomic E-state index is 12.4. The molecule has 0 bridgehead atoms. The Hall–Kier alpha value is -3.06. The van der Waals surface area contributed by atoms with Crippen LogP contribution in [0.5, 0.6) is 0 Å². The van der Waals surface area contributed by atoms with Gasteiger partial charge in [-0.05, 0) is 36.8 Å². The Morgan fingerprint density at radius 3 is 2.68 bits per heavy atom. The van der Waals surface area contributed by atoms with E-state index in [0.29, 0.717) is 11.3 Å². The summed E-state index contributed by atoms with van der Waals surface area (Å²) in [4.78, 5) is 30.3. The highest BCUT2D eigenvalue weighted by Crippen LogP contribution is 2.23. The van der Waals surface area contributed by atoms with E-state index in [1.807, 2.05) is 42.0 Å². The van der Waals surface area contributed by atoms with Gasteiger partial charge in [0.05, 0.1) is 11.4 Å². The standard InChI is InChI=1S/C21H22N4O2S/c1-15-7-4-5-10-18(15)25-12-11-22-21(25)28-14-19(26)23-17-9-6-8-16(13-17)20(27)24(2)3/h4-13H,14H2,1-3H3,(H,23,26). The SMILES string of the molecule is Cc1ccccc1-n1ccnc1SCC(=O)Nc1cccc(C(=O)N(C)C)c1. The van der Waals surface area contributed by atoms with Gasteiger partial charge < -0.3 is 10.2 Å². The number of hydrogen-bond donors (Lipinski definition) is 1. The number of para-hydroxylation sites is 1. The summed E-state index contributed by atoms with van der Waals surface area (Å²) in [6.07, 6.45) is 3.61. The number of aromatic nitrogens is 2. The van der Waals surface area contributed by atoms with Crippen molar-refractivity contribution in [3.63, 3.8) is 0 Å². The van der Waals surface area contributed by atoms with Gasteiger partial charge in [0, 0.05) is 37.7 Å². The van der Waals surface area contributed by atoms with Crippen LogP contribution in [0, 0.1) is 6.92 Å². The molecular weight excluding hydrogens is 372 g/mol. The van der Waals surface area contributed by atoms with Gasteiger partial charge in [0.25, 0.3) is 5.91 Å². The fraction of sp³-hybridized carbons (Fsp3) is 0.190. The average molecular weight is 395 g/mol. The largest absolute Gasteiger partial charge is 0.345 e. The first-order chi connectivity index (χ1) is 13.5. The third-order valence-corrected chi connectivity index (χ3v) is 5.08. The third kappa shape index (κ3) is 4.61. The zero-order chi connectivity index (χ0) is 20.1. The van der Waals surface area contributed by atoms with Crippen molar-refractivity contribution in [1.29, 1.82) is 0 Å². The molecule has 28 heavy (non-hydrogen) atoms. The maximum absolute atomic E-state index is 12.4. The van der Waals surface area contributed by atoms with Crippen LogP contribution in [0.4, 0.5) is 5.69 Å². The molecule has 3 rings (SSSR count). The molecule has 1 N–H and O–H groups in total. The first-order valence-corrected chi connectivity index (χ1v) is 9.78. The highest BCUT2D eigenvalue weighted by atomic mass is 32.2. The molecule has 1 aromatic heterocycles. The van der Waals surface area contributed by atoms with E-state index in [1.165, 1.54) is 16.7 Å². The summed E-state index contributed by atoms with van der Waals surface area (Å²) in [5, 5.41) is 3.59. The molecular formula is C21H22N4O2S. The number of aryl methyl sites for hydroxylation is 1. The van der Waals surface area contributed by atoms with Crippen molar-refractivity contribution in [2.45, 2.75) is 12.1 Å². The van der Waals surface area contributed by atoms with Crippen molar-refractivity contribution in [2.75, 3.05) is 25.2 Å². The zero-order valence-electron chi connectivity index (χ0n) is 16.0. The number of rotatable bonds is 6. The van der Waals surface area contributed by atoms with Crippen LogP contribution in [0.15, 0.2) is 66.1 Å². The smallest absolute Gasteiger partial charge is 0.253 e. The predicted molar refractivity (Wildman–Crippen MR) is 112 cm³/mol. The molecule has 0 radical (unpaired) electrons. The number of hydrogen-bond acceptors (Lipinski definition) is 4. The van der Waals surface area contributed by atoms with Crippen LogP contribution in [-0.2, 0) is 4.79 Å². The Kier molecular flexibility index (Phi) is 6.16. The van der Waals surface area contributed by atoms with Gasteiger partial charge in [0.15, 0.2) is 5.16 Å². The van der Waals surface area contributed by atoms with Crippen LogP contribution in [0.3, 0.4) is 0 Å². The van der Waals surface area contributed by atoms with Gasteiger partial charge in [-0.2, -0.15) is 0 Å². The minimum Gasteiger partial charge on any atom is -0.345 e. The van der Waals surface area contributed by atoms with Crippen LogP contribution in [-0.4, -0.2) is 46.1 Å². The van der Waals surface area contributed by atoms with Gasteiger partial charge in [-0.15, -0.1) is 0 Å². The summed E-state index contributed by atoms with van der Waals surface area (Å²) in [6.45, 7) is 2.04. The lowest BCUT2D eigenvalue weighted by Crippen LogP contribution is -2.22. The molecule has 144 valence electrons. The molecule has 0 aliphatic rings. The minimum absolute atomic E-state index is 0.106. The Bertz CT molecular complexity index is 997. The molecule has 0 unspecified atom stereocenters. The third-order valence-electron chi connectivity index (χ3n) is 4.11. The molecule has 0 spiro atoms. The summed E-state index contributed by atoms with van der Waals surface area (Å²) < 4.78 is 1.98. The number of nitrogens with one attached hydrogen (secondary N) is 1. The normalized spacial score (nSPS) is 10.5. The molecule has 0 atom stereocenters. The van der Waals surface area contributed by atoms with Gasteiger partial charge in [-0.3, -0.25) is 14.2 Å². The van der Waals surface area contributed by atoms with Gasteiger partial charge in [-0.25, -0.2) is 4.98 Å². The quantitative estimate of drug-likeness (QED) is 0.649. The van der Waals surface area contributed by atoms with Crippen LogP contribution in [0.25, 0.3) is 5.69 Å². The molecule has 6 nitrogen and oxygen atoms in total. The lowest BCUT2D eigenvalue weighted by molar-refractivity contribution is -0.113. The van der Waals surface area contributed by atoms with E-state index in [4.69, 9.17) is 0 Å². The molecule has 0 fully saturated rings. The van der Waals surface area contributed by atoms with Crippen LogP contribution < -0.4 is 5.32 Å². The second kappa shape index (κ2) is 8.75. The van der Waals surface area contributed by atoms with Gasteiger partial charge in [0.2, 0.25) is 5.91 Å². The van der Waals surface area contributed by atoms with Crippen molar-refractivity contribution < 1.29 is 9.59 Å². The number of carbonyl (C=O) groups excluding carboxylic acids is 2. The van der Waals surface area contributed by atoms with Gasteiger partial charge in [-0.1, -0.05) is 36.0 Å². The average Bonchev–Trinajstić information content (AvgIpc) is 3.14. The van der Waals surface area contributed by atoms with Crippen molar-refractivity contribution >= 4 is 29.3 Å². The molecule has 0 saturated carbocycles. The number of anilines is 1. The number of benzene rings is 2. The van der Waals surface area contributed by atoms with E-state index < -0.39 is 0 Å². The van der Waals surface area contributed by atoms with E-state index in [2.05, 4.69) is 10.3 Å². The second-order valence-corrected chi connectivity index (χ2v) is 7.43. The molecule has 0 aliphatic carbocycles. The highest BCUT2D eigenvalue weighted by Gasteiger charge is 2.12. The van der Waals surface area contributed by atoms with Crippen LogP contribution in [0.2, 0.25) is 0 Å². The van der Waals surface area contributed by atoms with Crippen molar-refractivity contribution in [2.24, 2.45) is 0 Å². The summed E-state index contributed by atoms with van der Waals surface area (Å²) in [7, 11) is 3.39. The Morgan fingerprint density at radius 2 is 1.93 bits per heavy atom. The minimum atomic E-state index is -0.154. The fourth-order valence-corrected chi connectivity index (χ4v) is 3.49. The summed E-state index contributed by atoms with van der Waals surface area (Å²) in [5.41, 5.74) is 3.30. The number of amides is 2. The van der Waals surface area contributed by atoms with E-state index in [9.17, 15) is 9.59 Å². The molecule has 3 aromatic rings. The molecule has 7 heteroatoms. The summed E-state index contributed by atoms with van der Waals surface area (Å²) in [5.74, 6) is -0.0427. The monoisotopic (exact) mass is 394 g/mol. The summed E-state index contributed by atoms with van der Waals surface area (Å²) >= 11 is 1.36. The Labute approximate surface area is 168 Å². The van der Waals surface area contributed by atoms with Crippen molar-refractivity contribution in [1.82, 2.24) is 14.5 Å². The maximum Gasteiger partial charge on any atom is 0.253 e. The Morgan fingerprint density at radius 1 is 1.14 bits per heavy atom. The molecule has 0 aliphatic heterocycles. The number of imidazole rings is 1. The number of nitrogens with zero attached hydrogens (tertiary/aromatic N) is 3. The first kappa shape index (κ1) is 19.7. The topological polar surface area (TPSA) is 67.2 Å². The molecule has 2 aromatic carbocycles. The lowest BCUT2D eigenvalue weighted by atomic mass is 10.2. The van der Waals surface area contributed by atoms with E-state index in [0.717, 1.165) is 16.4 Å². The van der Waals surface area contributed by atoms with Crippen molar-refractivity contribution in [3.8, 4) is 5.69 Å². The zero-order valence-corrected chi connectivity index (χ0v) is 16.9. The molecule has 2 amide bonds. The van der Waals surface area contributed by atoms with Crippen LogP contribution in [0.1, 0.15) is 15.9 Å². The first-order valence-electron chi connectivity index (χ1n) is 8.79. The fourth-order valence-electron chi connectivity index (χ4n) is 2.73. The van der Waals surface area contributed by atoms with E-state index >= 15 is 0 Å². The van der Waals surface area contributed by atoms with Gasteiger partial charge in [0.1, 0.15) is 0 Å². The van der Waals surface area contributed by atoms with E-state index in [1.54, 1.807) is 44.6 Å². The number of thioether (sulfide) groups is 1. The molecule has 1 heterocycles. The lowest BCUT2D eigenvalue weighted by Gasteiger charge is -2.12. The Balaban J connectivity index is 1.65. The highest BCUT2D eigenvalue weighted by molar-refractivity contribution is 7.99. The van der Waals surface area contributed by atoms with Gasteiger partial charge >= 0.3 is 0 Å². The van der Waals surface area contributed by atoms with Crippen LogP contribution >= 0.6 is 11.8 Å². The van der Waals surface area contributed by atoms with E-state index in [-0.39, 0.29) is 17.6 Å². The number of carbonyl (C=O) groups is 2. The second-order valence-electron chi connectivity index (χ2n) is 6.48. The predicted octanol–water partition coefficient (Wildman–Crippen LogP) is 3.61.